The van der Waals surface area contributed by atoms with Crippen molar-refractivity contribution < 1.29 is 23.9 Å². The Morgan fingerprint density at radius 1 is 0.818 bits per heavy atom. The number of ketones is 4. The minimum atomic E-state index is -0.764. The van der Waals surface area contributed by atoms with Gasteiger partial charge in [-0.2, -0.15) is 0 Å². The van der Waals surface area contributed by atoms with Crippen LogP contribution < -0.4 is 0 Å². The topological polar surface area (TPSA) is 108 Å². The van der Waals surface area contributed by atoms with Crippen LogP contribution in [0.4, 0.5) is 0 Å². The van der Waals surface area contributed by atoms with Crippen LogP contribution in [0.25, 0.3) is 0 Å². The molecule has 1 atom stereocenters. The van der Waals surface area contributed by atoms with Gasteiger partial charge in [0, 0.05) is 37.9 Å². The van der Waals surface area contributed by atoms with E-state index in [1.165, 1.54) is 4.68 Å². The summed E-state index contributed by atoms with van der Waals surface area (Å²) in [6.45, 7) is 5.17. The fourth-order valence-corrected chi connectivity index (χ4v) is 5.80. The summed E-state index contributed by atoms with van der Waals surface area (Å²) in [5, 5.41) is 8.61. The molecule has 2 aliphatic carbocycles. The monoisotopic (exact) mass is 647 g/mol. The number of halogens is 1. The lowest BCUT2D eigenvalue weighted by atomic mass is 9.80. The van der Waals surface area contributed by atoms with Gasteiger partial charge in [0.15, 0.2) is 23.1 Å². The number of allylic oxidation sites excluding steroid dienone is 6. The number of carbonyl (C=O) groups is 4. The Morgan fingerprint density at radius 2 is 1.39 bits per heavy atom. The van der Waals surface area contributed by atoms with E-state index in [1.807, 2.05) is 38.1 Å². The molecule has 1 unspecified atom stereocenters. The summed E-state index contributed by atoms with van der Waals surface area (Å²) in [7, 11) is 0. The van der Waals surface area contributed by atoms with Gasteiger partial charge in [-0.1, -0.05) is 87.4 Å². The molecule has 44 heavy (non-hydrogen) atoms. The largest absolute Gasteiger partial charge is 0.482 e. The maximum absolute atomic E-state index is 13.9. The van der Waals surface area contributed by atoms with E-state index < -0.39 is 11.8 Å². The predicted molar refractivity (Wildman–Crippen MR) is 166 cm³/mol. The summed E-state index contributed by atoms with van der Waals surface area (Å²) in [6.07, 6.45) is 3.26. The van der Waals surface area contributed by atoms with E-state index in [4.69, 9.17) is 4.74 Å². The lowest BCUT2D eigenvalue weighted by molar-refractivity contribution is 0.0859. The van der Waals surface area contributed by atoms with E-state index in [1.54, 1.807) is 67.7 Å². The number of rotatable bonds is 7. The molecule has 1 heterocycles. The molecule has 2 aliphatic rings. The van der Waals surface area contributed by atoms with Crippen molar-refractivity contribution >= 4 is 39.1 Å². The van der Waals surface area contributed by atoms with E-state index in [0.717, 1.165) is 15.6 Å². The minimum Gasteiger partial charge on any atom is -0.482 e. The molecule has 0 bridgehead atoms. The lowest BCUT2D eigenvalue weighted by Crippen LogP contribution is -2.28. The average molecular weight is 649 g/mol. The van der Waals surface area contributed by atoms with Crippen LogP contribution >= 0.6 is 15.9 Å². The molecule has 0 N–H and O–H groups in total. The fourth-order valence-electron chi connectivity index (χ4n) is 5.53. The van der Waals surface area contributed by atoms with E-state index in [-0.39, 0.29) is 40.9 Å². The van der Waals surface area contributed by atoms with Gasteiger partial charge in [-0.25, -0.2) is 4.68 Å². The van der Waals surface area contributed by atoms with Gasteiger partial charge in [0.2, 0.25) is 5.78 Å². The zero-order valence-electron chi connectivity index (χ0n) is 24.1. The summed E-state index contributed by atoms with van der Waals surface area (Å²) in [4.78, 5) is 54.0. The first kappa shape index (κ1) is 29.1. The third kappa shape index (κ3) is 5.09. The first-order valence-electron chi connectivity index (χ1n) is 13.9. The predicted octanol–water partition coefficient (Wildman–Crippen LogP) is 6.84. The van der Waals surface area contributed by atoms with Gasteiger partial charge >= 0.3 is 0 Å². The third-order valence-electron chi connectivity index (χ3n) is 7.60. The number of carbonyl (C=O) groups excluding carboxylic acids is 4. The van der Waals surface area contributed by atoms with Crippen molar-refractivity contribution in [2.75, 3.05) is 0 Å². The molecule has 9 heteroatoms. The number of hydrogen-bond donors (Lipinski definition) is 0. The minimum absolute atomic E-state index is 0.0582. The zero-order chi connectivity index (χ0) is 31.1. The Balaban J connectivity index is 1.38. The van der Waals surface area contributed by atoms with Crippen LogP contribution in [0.15, 0.2) is 118 Å². The fraction of sp³-hybridized carbons (Fsp3) is 0.143. The third-order valence-corrected chi connectivity index (χ3v) is 8.12. The Kier molecular flexibility index (Phi) is 7.65. The number of ether oxygens (including phenoxy) is 1. The van der Waals surface area contributed by atoms with Gasteiger partial charge in [-0.15, -0.1) is 5.10 Å². The van der Waals surface area contributed by atoms with Crippen LogP contribution in [-0.2, 0) is 11.3 Å². The quantitative estimate of drug-likeness (QED) is 0.216. The van der Waals surface area contributed by atoms with E-state index in [0.29, 0.717) is 33.5 Å². The molecule has 3 aromatic carbocycles. The molecule has 218 valence electrons. The maximum atomic E-state index is 13.9. The highest BCUT2D eigenvalue weighted by Gasteiger charge is 2.37. The number of fused-ring (bicyclic) bond motifs is 2. The Bertz CT molecular complexity index is 1980. The second-order valence-corrected chi connectivity index (χ2v) is 11.8. The number of Topliss-reactive ketones (excluding diaryl/α,β-unsaturated/α-hetero) is 4. The average Bonchev–Trinajstić information content (AvgIpc) is 3.49. The molecule has 0 saturated carbocycles. The molecule has 1 aromatic heterocycles. The Morgan fingerprint density at radius 3 is 2.00 bits per heavy atom. The number of benzene rings is 3. The number of hydrogen-bond acceptors (Lipinski definition) is 7. The van der Waals surface area contributed by atoms with Crippen molar-refractivity contribution in [3.8, 4) is 0 Å². The molecule has 8 nitrogen and oxygen atoms in total. The summed E-state index contributed by atoms with van der Waals surface area (Å²) in [5.74, 6) is -1.23. The molecular weight excluding hydrogens is 622 g/mol. The highest BCUT2D eigenvalue weighted by Crippen LogP contribution is 2.37. The number of aromatic nitrogens is 3. The summed E-state index contributed by atoms with van der Waals surface area (Å²) in [5.41, 5.74) is 4.04. The number of nitrogens with zero attached hydrogens (tertiary/aromatic N) is 3. The molecular formula is C35H26BrN3O5. The summed E-state index contributed by atoms with van der Waals surface area (Å²) < 4.78 is 8.37. The summed E-state index contributed by atoms with van der Waals surface area (Å²) >= 11 is 3.46. The molecule has 4 aromatic rings. The molecule has 0 aliphatic heterocycles. The van der Waals surface area contributed by atoms with Crippen LogP contribution in [0, 0.1) is 0 Å². The van der Waals surface area contributed by atoms with Gasteiger partial charge in [0.25, 0.3) is 0 Å². The van der Waals surface area contributed by atoms with E-state index in [9.17, 15) is 19.2 Å². The van der Waals surface area contributed by atoms with Crippen molar-refractivity contribution in [2.24, 2.45) is 0 Å². The van der Waals surface area contributed by atoms with Crippen LogP contribution in [0.5, 0.6) is 0 Å². The SMILES string of the molecule is CC(C)=CC1=C(OCc2cn(C(C3=C(C)C(=O)c4ccccc4C3=O)c3ccc(Br)cc3)nn2)C(=O)c2ccccc2C1=O. The van der Waals surface area contributed by atoms with Crippen LogP contribution in [0.1, 0.15) is 79.5 Å². The molecule has 0 fully saturated rings. The zero-order valence-corrected chi connectivity index (χ0v) is 25.7. The highest BCUT2D eigenvalue weighted by molar-refractivity contribution is 9.10. The molecule has 0 spiro atoms. The lowest BCUT2D eigenvalue weighted by Gasteiger charge is -2.26. The van der Waals surface area contributed by atoms with Crippen molar-refractivity contribution in [1.29, 1.82) is 0 Å². The molecule has 6 rings (SSSR count). The Hall–Kier alpha value is -5.02. The molecule has 0 radical (unpaired) electrons. The van der Waals surface area contributed by atoms with Gasteiger partial charge in [0.05, 0.1) is 11.8 Å². The smallest absolute Gasteiger partial charge is 0.229 e. The second-order valence-electron chi connectivity index (χ2n) is 10.8. The van der Waals surface area contributed by atoms with Crippen molar-refractivity contribution in [3.05, 3.63) is 151 Å². The Labute approximate surface area is 261 Å². The van der Waals surface area contributed by atoms with Crippen molar-refractivity contribution in [3.63, 3.8) is 0 Å². The highest BCUT2D eigenvalue weighted by atomic mass is 79.9. The van der Waals surface area contributed by atoms with Gasteiger partial charge in [-0.05, 0) is 44.5 Å². The van der Waals surface area contributed by atoms with Crippen molar-refractivity contribution in [1.82, 2.24) is 15.0 Å². The standard InChI is InChI=1S/C35H26BrN3O5/c1-19(2)16-28-32(41)25-9-5-7-11-27(25)34(43)35(28)44-18-23-17-39(38-37-23)30(21-12-14-22(36)15-13-21)29-20(3)31(40)24-8-4-6-10-26(24)33(29)42/h4-17,30H,18H2,1-3H3. The van der Waals surface area contributed by atoms with Gasteiger partial charge < -0.3 is 4.74 Å². The van der Waals surface area contributed by atoms with Crippen LogP contribution in [-0.4, -0.2) is 38.1 Å². The summed E-state index contributed by atoms with van der Waals surface area (Å²) in [6, 6.07) is 20.1. The molecule has 0 amide bonds. The first-order valence-corrected chi connectivity index (χ1v) is 14.7. The van der Waals surface area contributed by atoms with E-state index >= 15 is 0 Å². The van der Waals surface area contributed by atoms with Crippen LogP contribution in [0.2, 0.25) is 0 Å². The van der Waals surface area contributed by atoms with Crippen molar-refractivity contribution in [2.45, 2.75) is 33.4 Å². The van der Waals surface area contributed by atoms with E-state index in [2.05, 4.69) is 26.2 Å². The van der Waals surface area contributed by atoms with Gasteiger partial charge in [-0.3, -0.25) is 19.2 Å². The molecule has 0 saturated heterocycles. The van der Waals surface area contributed by atoms with Crippen LogP contribution in [0.3, 0.4) is 0 Å². The normalized spacial score (nSPS) is 15.3. The first-order chi connectivity index (χ1) is 21.2. The maximum Gasteiger partial charge on any atom is 0.229 e. The second kappa shape index (κ2) is 11.6. The van der Waals surface area contributed by atoms with Gasteiger partial charge in [0.1, 0.15) is 18.3 Å².